The lowest BCUT2D eigenvalue weighted by atomic mass is 9.87. The summed E-state index contributed by atoms with van der Waals surface area (Å²) >= 11 is 0. The van der Waals surface area contributed by atoms with E-state index in [-0.39, 0.29) is 5.60 Å². The first-order valence-corrected chi connectivity index (χ1v) is 9.84. The number of benzene rings is 1. The summed E-state index contributed by atoms with van der Waals surface area (Å²) in [5.41, 5.74) is 3.39. The van der Waals surface area contributed by atoms with E-state index in [1.807, 2.05) is 18.2 Å². The van der Waals surface area contributed by atoms with Gasteiger partial charge in [0.2, 0.25) is 0 Å². The maximum atomic E-state index is 6.30. The molecule has 5 heteroatoms. The third kappa shape index (κ3) is 4.42. The average Bonchev–Trinajstić information content (AvgIpc) is 3.06. The Hall–Kier alpha value is -2.11. The van der Waals surface area contributed by atoms with E-state index in [2.05, 4.69) is 46.4 Å². The van der Waals surface area contributed by atoms with E-state index in [1.54, 1.807) is 7.11 Å². The monoisotopic (exact) mass is 367 g/mol. The van der Waals surface area contributed by atoms with E-state index >= 15 is 0 Å². The van der Waals surface area contributed by atoms with Crippen molar-refractivity contribution in [2.75, 3.05) is 32.1 Å². The van der Waals surface area contributed by atoms with Crippen LogP contribution in [-0.2, 0) is 11.3 Å². The summed E-state index contributed by atoms with van der Waals surface area (Å²) < 4.78 is 11.6. The third-order valence-electron chi connectivity index (χ3n) is 5.75. The molecule has 0 amide bonds. The van der Waals surface area contributed by atoms with E-state index in [9.17, 15) is 0 Å². The van der Waals surface area contributed by atoms with E-state index in [0.717, 1.165) is 68.3 Å². The summed E-state index contributed by atoms with van der Waals surface area (Å²) in [7, 11) is 1.70. The van der Waals surface area contributed by atoms with Crippen LogP contribution >= 0.6 is 0 Å². The van der Waals surface area contributed by atoms with Crippen LogP contribution in [0.1, 0.15) is 30.7 Å². The Morgan fingerprint density at radius 1 is 1.22 bits per heavy atom. The van der Waals surface area contributed by atoms with Crippen LogP contribution in [-0.4, -0.2) is 48.3 Å². The molecule has 144 valence electrons. The number of hydrogen-bond donors (Lipinski definition) is 1. The van der Waals surface area contributed by atoms with Crippen molar-refractivity contribution in [3.8, 4) is 5.75 Å². The van der Waals surface area contributed by atoms with Crippen molar-refractivity contribution >= 4 is 5.69 Å². The molecule has 0 radical (unpaired) electrons. The molecule has 1 N–H and O–H groups in total. The molecule has 2 saturated heterocycles. The van der Waals surface area contributed by atoms with Crippen molar-refractivity contribution in [2.45, 2.75) is 44.4 Å². The van der Waals surface area contributed by atoms with Gasteiger partial charge in [-0.15, -0.1) is 0 Å². The van der Waals surface area contributed by atoms with E-state index in [1.165, 1.54) is 0 Å². The standard InChI is InChI=1S/C22H29N3O2/c1-17-5-3-7-19(23-17)15-25-11-9-22(10-12-25)14-20(16-27-22)24-18-6-4-8-21(13-18)26-2/h3-8,13,20,24H,9-12,14-16H2,1-2H3. The number of nitrogens with one attached hydrogen (secondary N) is 1. The molecule has 3 heterocycles. The number of ether oxygens (including phenoxy) is 2. The Balaban J connectivity index is 1.30. The number of methoxy groups -OCH3 is 1. The molecule has 1 aromatic carbocycles. The summed E-state index contributed by atoms with van der Waals surface area (Å²) in [4.78, 5) is 7.14. The average molecular weight is 367 g/mol. The fourth-order valence-electron chi connectivity index (χ4n) is 4.27. The van der Waals surface area contributed by atoms with Crippen molar-refractivity contribution < 1.29 is 9.47 Å². The van der Waals surface area contributed by atoms with Gasteiger partial charge in [0.05, 0.1) is 31.1 Å². The van der Waals surface area contributed by atoms with Crippen molar-refractivity contribution in [1.29, 1.82) is 0 Å². The molecule has 4 rings (SSSR count). The van der Waals surface area contributed by atoms with Crippen LogP contribution in [0.3, 0.4) is 0 Å². The second-order valence-electron chi connectivity index (χ2n) is 7.82. The SMILES string of the molecule is COc1cccc(NC2COC3(CCN(Cc4cccc(C)n4)CC3)C2)c1. The normalized spacial score (nSPS) is 22.1. The van der Waals surface area contributed by atoms with Gasteiger partial charge in [0.1, 0.15) is 5.75 Å². The molecule has 1 unspecified atom stereocenters. The lowest BCUT2D eigenvalue weighted by Crippen LogP contribution is -2.44. The van der Waals surface area contributed by atoms with Gasteiger partial charge < -0.3 is 14.8 Å². The highest BCUT2D eigenvalue weighted by Crippen LogP contribution is 2.37. The molecule has 1 aromatic heterocycles. The molecule has 1 atom stereocenters. The predicted octanol–water partition coefficient (Wildman–Crippen LogP) is 3.63. The number of aromatic nitrogens is 1. The fourth-order valence-corrected chi connectivity index (χ4v) is 4.27. The first-order chi connectivity index (χ1) is 13.1. The van der Waals surface area contributed by atoms with Crippen molar-refractivity contribution in [3.05, 3.63) is 53.9 Å². The molecule has 5 nitrogen and oxygen atoms in total. The topological polar surface area (TPSA) is 46.6 Å². The fraction of sp³-hybridized carbons (Fsp3) is 0.500. The van der Waals surface area contributed by atoms with Gasteiger partial charge >= 0.3 is 0 Å². The third-order valence-corrected chi connectivity index (χ3v) is 5.75. The Bertz CT molecular complexity index is 772. The lowest BCUT2D eigenvalue weighted by Gasteiger charge is -2.38. The molecule has 0 bridgehead atoms. The van der Waals surface area contributed by atoms with Crippen LogP contribution < -0.4 is 10.1 Å². The summed E-state index contributed by atoms with van der Waals surface area (Å²) in [6.07, 6.45) is 3.25. The van der Waals surface area contributed by atoms with Gasteiger partial charge in [-0.3, -0.25) is 9.88 Å². The molecule has 27 heavy (non-hydrogen) atoms. The zero-order chi connectivity index (χ0) is 18.7. The smallest absolute Gasteiger partial charge is 0.120 e. The van der Waals surface area contributed by atoms with Crippen LogP contribution in [0.2, 0.25) is 0 Å². The van der Waals surface area contributed by atoms with Crippen LogP contribution in [0, 0.1) is 6.92 Å². The maximum absolute atomic E-state index is 6.30. The maximum Gasteiger partial charge on any atom is 0.120 e. The number of rotatable bonds is 5. The number of aryl methyl sites for hydroxylation is 1. The lowest BCUT2D eigenvalue weighted by molar-refractivity contribution is -0.0449. The number of nitrogens with zero attached hydrogens (tertiary/aromatic N) is 2. The molecule has 1 spiro atoms. The highest BCUT2D eigenvalue weighted by Gasteiger charge is 2.42. The van der Waals surface area contributed by atoms with Gasteiger partial charge in [0, 0.05) is 37.1 Å². The summed E-state index contributed by atoms with van der Waals surface area (Å²) in [6, 6.07) is 14.8. The number of hydrogen-bond acceptors (Lipinski definition) is 5. The highest BCUT2D eigenvalue weighted by atomic mass is 16.5. The minimum Gasteiger partial charge on any atom is -0.497 e. The molecular formula is C22H29N3O2. The Morgan fingerprint density at radius 2 is 2.04 bits per heavy atom. The molecule has 2 fully saturated rings. The quantitative estimate of drug-likeness (QED) is 0.874. The van der Waals surface area contributed by atoms with Gasteiger partial charge in [0.25, 0.3) is 0 Å². The van der Waals surface area contributed by atoms with E-state index in [4.69, 9.17) is 9.47 Å². The Morgan fingerprint density at radius 3 is 2.81 bits per heavy atom. The first kappa shape index (κ1) is 18.3. The first-order valence-electron chi connectivity index (χ1n) is 9.84. The molecule has 2 aromatic rings. The van der Waals surface area contributed by atoms with Crippen LogP contribution in [0.5, 0.6) is 5.75 Å². The second kappa shape index (κ2) is 7.87. The molecule has 2 aliphatic heterocycles. The van der Waals surface area contributed by atoms with Crippen molar-refractivity contribution in [3.63, 3.8) is 0 Å². The van der Waals surface area contributed by atoms with Gasteiger partial charge in [-0.1, -0.05) is 12.1 Å². The number of likely N-dealkylation sites (tertiary alicyclic amines) is 1. The van der Waals surface area contributed by atoms with Gasteiger partial charge in [-0.25, -0.2) is 0 Å². The van der Waals surface area contributed by atoms with E-state index < -0.39 is 0 Å². The van der Waals surface area contributed by atoms with Gasteiger partial charge in [0.15, 0.2) is 0 Å². The summed E-state index contributed by atoms with van der Waals surface area (Å²) in [5, 5.41) is 3.62. The summed E-state index contributed by atoms with van der Waals surface area (Å²) in [6.45, 7) is 5.90. The highest BCUT2D eigenvalue weighted by molar-refractivity contribution is 5.49. The summed E-state index contributed by atoms with van der Waals surface area (Å²) in [5.74, 6) is 0.881. The zero-order valence-electron chi connectivity index (χ0n) is 16.3. The van der Waals surface area contributed by atoms with Crippen molar-refractivity contribution in [1.82, 2.24) is 9.88 Å². The predicted molar refractivity (Wildman–Crippen MR) is 107 cm³/mol. The van der Waals surface area contributed by atoms with Crippen LogP contribution in [0.4, 0.5) is 5.69 Å². The van der Waals surface area contributed by atoms with Gasteiger partial charge in [-0.2, -0.15) is 0 Å². The minimum atomic E-state index is 0.0348. The number of pyridine rings is 1. The number of anilines is 1. The molecule has 2 aliphatic rings. The van der Waals surface area contributed by atoms with Gasteiger partial charge in [-0.05, 0) is 50.5 Å². The molecular weight excluding hydrogens is 338 g/mol. The van der Waals surface area contributed by atoms with Crippen molar-refractivity contribution in [2.24, 2.45) is 0 Å². The van der Waals surface area contributed by atoms with E-state index in [0.29, 0.717) is 6.04 Å². The minimum absolute atomic E-state index is 0.0348. The zero-order valence-corrected chi connectivity index (χ0v) is 16.3. The molecule has 0 saturated carbocycles. The Labute approximate surface area is 161 Å². The molecule has 0 aliphatic carbocycles. The van der Waals surface area contributed by atoms with Crippen LogP contribution in [0.25, 0.3) is 0 Å². The second-order valence-corrected chi connectivity index (χ2v) is 7.82. The number of piperidine rings is 1. The Kier molecular flexibility index (Phi) is 5.32. The van der Waals surface area contributed by atoms with Crippen LogP contribution in [0.15, 0.2) is 42.5 Å². The largest absolute Gasteiger partial charge is 0.497 e.